The van der Waals surface area contributed by atoms with Crippen molar-refractivity contribution in [1.82, 2.24) is 0 Å². The molecule has 0 spiro atoms. The largest absolute Gasteiger partial charge is 0.494 e. The molecule has 1 fully saturated rings. The fourth-order valence-corrected chi connectivity index (χ4v) is 2.99. The molecule has 1 rings (SSSR count). The van der Waals surface area contributed by atoms with Crippen molar-refractivity contribution >= 4 is 0 Å². The van der Waals surface area contributed by atoms with Crippen LogP contribution in [0.25, 0.3) is 0 Å². The van der Waals surface area contributed by atoms with Gasteiger partial charge in [-0.3, -0.25) is 0 Å². The summed E-state index contributed by atoms with van der Waals surface area (Å²) in [5.74, 6) is -1.72. The Morgan fingerprint density at radius 1 is 0.885 bits per heavy atom. The van der Waals surface area contributed by atoms with Crippen LogP contribution in [-0.2, 0) is 9.47 Å². The molecule has 0 saturated heterocycles. The molecule has 4 heteroatoms. The van der Waals surface area contributed by atoms with Crippen molar-refractivity contribution in [2.24, 2.45) is 11.8 Å². The SMILES string of the molecule is C=C(OC)/C(F)=C(/F)C(=C)OCC1CCC(CCCCC)CC1.CCC. The third kappa shape index (κ3) is 9.98. The number of halogens is 2. The molecule has 0 aromatic carbocycles. The summed E-state index contributed by atoms with van der Waals surface area (Å²) >= 11 is 0. The zero-order valence-electron chi connectivity index (χ0n) is 17.2. The number of allylic oxidation sites excluding steroid dienone is 2. The number of hydrogen-bond donors (Lipinski definition) is 0. The Morgan fingerprint density at radius 2 is 1.38 bits per heavy atom. The van der Waals surface area contributed by atoms with E-state index >= 15 is 0 Å². The molecule has 0 N–H and O–H groups in total. The first-order valence-corrected chi connectivity index (χ1v) is 10.0. The van der Waals surface area contributed by atoms with Crippen LogP contribution >= 0.6 is 0 Å². The minimum absolute atomic E-state index is 0.286. The molecule has 0 radical (unpaired) electrons. The molecule has 1 saturated carbocycles. The third-order valence-electron chi connectivity index (χ3n) is 4.60. The first-order valence-electron chi connectivity index (χ1n) is 10.0. The zero-order chi connectivity index (χ0) is 19.9. The van der Waals surface area contributed by atoms with Crippen LogP contribution in [0.4, 0.5) is 8.78 Å². The van der Waals surface area contributed by atoms with Crippen molar-refractivity contribution in [3.8, 4) is 0 Å². The van der Waals surface area contributed by atoms with E-state index in [2.05, 4.69) is 38.7 Å². The standard InChI is InChI=1S/C19H30F2O2.C3H8/c1-5-6-7-8-16-9-11-17(12-10-16)13-23-15(3)19(21)18(20)14(2)22-4;1-3-2/h16-17H,2-3,5-13H2,1,4H3;3H2,1-2H3/b19-18-;. The fourth-order valence-electron chi connectivity index (χ4n) is 2.99. The maximum absolute atomic E-state index is 13.8. The quantitative estimate of drug-likeness (QED) is 0.223. The van der Waals surface area contributed by atoms with Crippen LogP contribution in [0.3, 0.4) is 0 Å². The lowest BCUT2D eigenvalue weighted by Gasteiger charge is -2.28. The van der Waals surface area contributed by atoms with Crippen molar-refractivity contribution in [1.29, 1.82) is 0 Å². The van der Waals surface area contributed by atoms with Gasteiger partial charge in [-0.25, -0.2) is 0 Å². The van der Waals surface area contributed by atoms with E-state index in [4.69, 9.17) is 4.74 Å². The van der Waals surface area contributed by atoms with E-state index < -0.39 is 11.7 Å². The summed E-state index contributed by atoms with van der Waals surface area (Å²) in [6, 6.07) is 0. The first-order chi connectivity index (χ1) is 12.4. The lowest BCUT2D eigenvalue weighted by atomic mass is 9.80. The van der Waals surface area contributed by atoms with Crippen molar-refractivity contribution in [2.45, 2.75) is 78.6 Å². The van der Waals surface area contributed by atoms with E-state index in [0.29, 0.717) is 12.5 Å². The molecule has 0 bridgehead atoms. The van der Waals surface area contributed by atoms with Gasteiger partial charge in [0.15, 0.2) is 11.5 Å². The highest BCUT2D eigenvalue weighted by Gasteiger charge is 2.22. The Labute approximate surface area is 159 Å². The predicted molar refractivity (Wildman–Crippen MR) is 106 cm³/mol. The topological polar surface area (TPSA) is 18.5 Å². The summed E-state index contributed by atoms with van der Waals surface area (Å²) < 4.78 is 37.2. The highest BCUT2D eigenvalue weighted by Crippen LogP contribution is 2.33. The molecule has 0 heterocycles. The van der Waals surface area contributed by atoms with Gasteiger partial charge in [0.25, 0.3) is 0 Å². The Hall–Kier alpha value is -1.32. The van der Waals surface area contributed by atoms with Crippen molar-refractivity contribution in [3.05, 3.63) is 36.3 Å². The fraction of sp³-hybridized carbons (Fsp3) is 0.727. The zero-order valence-corrected chi connectivity index (χ0v) is 17.2. The second kappa shape index (κ2) is 14.8. The maximum atomic E-state index is 13.8. The number of hydrogen-bond acceptors (Lipinski definition) is 2. The Morgan fingerprint density at radius 3 is 1.88 bits per heavy atom. The Balaban J connectivity index is 0.00000194. The monoisotopic (exact) mass is 372 g/mol. The maximum Gasteiger partial charge on any atom is 0.203 e. The van der Waals surface area contributed by atoms with Crippen LogP contribution in [0.1, 0.15) is 78.6 Å². The average molecular weight is 373 g/mol. The molecule has 0 amide bonds. The minimum atomic E-state index is -1.16. The van der Waals surface area contributed by atoms with Gasteiger partial charge in [-0.1, -0.05) is 78.9 Å². The van der Waals surface area contributed by atoms with E-state index in [1.165, 1.54) is 52.1 Å². The van der Waals surface area contributed by atoms with Crippen LogP contribution in [0.2, 0.25) is 0 Å². The predicted octanol–water partition coefficient (Wildman–Crippen LogP) is 7.63. The second-order valence-corrected chi connectivity index (χ2v) is 7.08. The lowest BCUT2D eigenvalue weighted by Crippen LogP contribution is -2.18. The molecule has 1 aliphatic rings. The van der Waals surface area contributed by atoms with Gasteiger partial charge in [0.2, 0.25) is 11.7 Å². The second-order valence-electron chi connectivity index (χ2n) is 7.08. The van der Waals surface area contributed by atoms with Crippen LogP contribution < -0.4 is 0 Å². The molecule has 0 atom stereocenters. The van der Waals surface area contributed by atoms with Crippen LogP contribution in [-0.4, -0.2) is 13.7 Å². The van der Waals surface area contributed by atoms with E-state index in [1.807, 2.05) is 0 Å². The smallest absolute Gasteiger partial charge is 0.203 e. The minimum Gasteiger partial charge on any atom is -0.494 e. The number of ether oxygens (including phenoxy) is 2. The van der Waals surface area contributed by atoms with Crippen molar-refractivity contribution in [3.63, 3.8) is 0 Å². The van der Waals surface area contributed by atoms with Crippen LogP contribution in [0.5, 0.6) is 0 Å². The summed E-state index contributed by atoms with van der Waals surface area (Å²) in [6.07, 6.45) is 11.0. The molecular formula is C22H38F2O2. The summed E-state index contributed by atoms with van der Waals surface area (Å²) in [7, 11) is 1.23. The van der Waals surface area contributed by atoms with Gasteiger partial charge in [-0.15, -0.1) is 0 Å². The third-order valence-corrected chi connectivity index (χ3v) is 4.60. The Bertz CT molecular complexity index is 435. The summed E-state index contributed by atoms with van der Waals surface area (Å²) in [5, 5.41) is 0. The molecule has 0 unspecified atom stereocenters. The highest BCUT2D eigenvalue weighted by molar-refractivity contribution is 5.29. The molecular weight excluding hydrogens is 334 g/mol. The van der Waals surface area contributed by atoms with Crippen LogP contribution in [0.15, 0.2) is 36.3 Å². The molecule has 0 aromatic heterocycles. The number of methoxy groups -OCH3 is 1. The van der Waals surface area contributed by atoms with E-state index in [9.17, 15) is 8.78 Å². The van der Waals surface area contributed by atoms with E-state index in [0.717, 1.165) is 18.8 Å². The number of unbranched alkanes of at least 4 members (excludes halogenated alkanes) is 2. The van der Waals surface area contributed by atoms with Gasteiger partial charge in [0, 0.05) is 0 Å². The van der Waals surface area contributed by atoms with Gasteiger partial charge in [0.05, 0.1) is 13.7 Å². The van der Waals surface area contributed by atoms with Gasteiger partial charge in [-0.2, -0.15) is 8.78 Å². The molecule has 0 aliphatic heterocycles. The summed E-state index contributed by atoms with van der Waals surface area (Å²) in [6.45, 7) is 13.6. The van der Waals surface area contributed by atoms with Gasteiger partial charge >= 0.3 is 0 Å². The summed E-state index contributed by atoms with van der Waals surface area (Å²) in [4.78, 5) is 0. The van der Waals surface area contributed by atoms with Crippen LogP contribution in [0, 0.1) is 11.8 Å². The molecule has 26 heavy (non-hydrogen) atoms. The number of rotatable bonds is 10. The van der Waals surface area contributed by atoms with E-state index in [-0.39, 0.29) is 11.5 Å². The molecule has 2 nitrogen and oxygen atoms in total. The molecule has 0 aromatic rings. The van der Waals surface area contributed by atoms with Crippen molar-refractivity contribution < 1.29 is 18.3 Å². The summed E-state index contributed by atoms with van der Waals surface area (Å²) in [5.41, 5.74) is 0. The van der Waals surface area contributed by atoms with Gasteiger partial charge < -0.3 is 9.47 Å². The lowest BCUT2D eigenvalue weighted by molar-refractivity contribution is 0.125. The average Bonchev–Trinajstić information content (AvgIpc) is 2.66. The van der Waals surface area contributed by atoms with E-state index in [1.54, 1.807) is 0 Å². The van der Waals surface area contributed by atoms with Gasteiger partial charge in [0.1, 0.15) is 0 Å². The molecule has 1 aliphatic carbocycles. The first kappa shape index (κ1) is 24.7. The Kier molecular flexibility index (Phi) is 14.1. The molecule has 152 valence electrons. The normalized spacial score (nSPS) is 20.4. The van der Waals surface area contributed by atoms with Gasteiger partial charge in [-0.05, 0) is 24.7 Å². The highest BCUT2D eigenvalue weighted by atomic mass is 19.2. The van der Waals surface area contributed by atoms with Crippen molar-refractivity contribution in [2.75, 3.05) is 13.7 Å².